The van der Waals surface area contributed by atoms with E-state index < -0.39 is 7.37 Å². The molecule has 3 rings (SSSR count). The van der Waals surface area contributed by atoms with Crippen molar-refractivity contribution in [2.24, 2.45) is 0 Å². The fourth-order valence-electron chi connectivity index (χ4n) is 2.73. The Morgan fingerprint density at radius 2 is 1.95 bits per heavy atom. The van der Waals surface area contributed by atoms with Crippen LogP contribution in [0.5, 0.6) is 0 Å². The first kappa shape index (κ1) is 13.6. The third-order valence-electron chi connectivity index (χ3n) is 3.79. The minimum Gasteiger partial charge on any atom is -0.328 e. The Labute approximate surface area is 119 Å². The Morgan fingerprint density at radius 1 is 1.15 bits per heavy atom. The van der Waals surface area contributed by atoms with Crippen LogP contribution in [0.1, 0.15) is 12.5 Å². The highest BCUT2D eigenvalue weighted by molar-refractivity contribution is 7.59. The summed E-state index contributed by atoms with van der Waals surface area (Å²) in [7, 11) is -2.42. The van der Waals surface area contributed by atoms with E-state index in [0.717, 1.165) is 6.42 Å². The zero-order chi connectivity index (χ0) is 14.0. The minimum absolute atomic E-state index is 0.534. The molecule has 104 valence electrons. The molecule has 3 heteroatoms. The van der Waals surface area contributed by atoms with E-state index in [0.29, 0.717) is 18.9 Å². The normalized spacial score (nSPS) is 22.1. The van der Waals surface area contributed by atoms with Crippen LogP contribution in [0.25, 0.3) is 10.8 Å². The van der Waals surface area contributed by atoms with Crippen LogP contribution in [-0.2, 0) is 15.5 Å². The molecule has 0 radical (unpaired) electrons. The summed E-state index contributed by atoms with van der Waals surface area (Å²) in [6.07, 6.45) is 4.08. The maximum absolute atomic E-state index is 12.4. The lowest BCUT2D eigenvalue weighted by molar-refractivity contribution is 0.322. The van der Waals surface area contributed by atoms with Crippen LogP contribution in [0, 0.1) is 0 Å². The van der Waals surface area contributed by atoms with Gasteiger partial charge in [-0.3, -0.25) is 4.57 Å². The first-order chi connectivity index (χ1) is 9.66. The predicted octanol–water partition coefficient (Wildman–Crippen LogP) is 4.64. The molecule has 0 aliphatic carbocycles. The van der Waals surface area contributed by atoms with Crippen molar-refractivity contribution in [3.63, 3.8) is 0 Å². The molecule has 1 heterocycles. The minimum atomic E-state index is -2.42. The van der Waals surface area contributed by atoms with Gasteiger partial charge in [-0.15, -0.1) is 0 Å². The Morgan fingerprint density at radius 3 is 2.75 bits per heavy atom. The van der Waals surface area contributed by atoms with Gasteiger partial charge in [0.2, 0.25) is 7.37 Å². The van der Waals surface area contributed by atoms with Gasteiger partial charge in [-0.1, -0.05) is 54.1 Å². The molecule has 0 saturated heterocycles. The fraction of sp³-hybridized carbons (Fsp3) is 0.294. The first-order valence-corrected chi connectivity index (χ1v) is 9.01. The van der Waals surface area contributed by atoms with Gasteiger partial charge in [0.05, 0.1) is 6.61 Å². The Kier molecular flexibility index (Phi) is 3.78. The van der Waals surface area contributed by atoms with E-state index in [9.17, 15) is 4.57 Å². The van der Waals surface area contributed by atoms with Crippen LogP contribution < -0.4 is 0 Å². The molecule has 1 atom stereocenters. The molecule has 1 unspecified atom stereocenters. The molecule has 0 N–H and O–H groups in total. The summed E-state index contributed by atoms with van der Waals surface area (Å²) < 4.78 is 18.1. The SMILES string of the molecule is CC1=CCP(=O)(OCCc2cccc3ccccc23)C1. The molecule has 1 aliphatic heterocycles. The van der Waals surface area contributed by atoms with Gasteiger partial charge < -0.3 is 4.52 Å². The zero-order valence-corrected chi connectivity index (χ0v) is 12.6. The number of rotatable bonds is 4. The molecule has 0 amide bonds. The summed E-state index contributed by atoms with van der Waals surface area (Å²) in [6, 6.07) is 14.7. The van der Waals surface area contributed by atoms with E-state index in [-0.39, 0.29) is 0 Å². The van der Waals surface area contributed by atoms with Gasteiger partial charge in [0.1, 0.15) is 0 Å². The van der Waals surface area contributed by atoms with E-state index >= 15 is 0 Å². The quantitative estimate of drug-likeness (QED) is 0.604. The average Bonchev–Trinajstić information content (AvgIpc) is 2.79. The van der Waals surface area contributed by atoms with Crippen LogP contribution in [-0.4, -0.2) is 18.9 Å². The molecule has 0 spiro atoms. The molecule has 0 bridgehead atoms. The Balaban J connectivity index is 1.68. The third kappa shape index (κ3) is 2.87. The monoisotopic (exact) mass is 286 g/mol. The van der Waals surface area contributed by atoms with E-state index in [4.69, 9.17) is 4.52 Å². The molecule has 0 aromatic heterocycles. The summed E-state index contributed by atoms with van der Waals surface area (Å²) in [5.41, 5.74) is 2.46. The summed E-state index contributed by atoms with van der Waals surface area (Å²) in [5.74, 6) is 0. The molecule has 2 nitrogen and oxygen atoms in total. The van der Waals surface area contributed by atoms with E-state index in [2.05, 4.69) is 36.4 Å². The number of hydrogen-bond acceptors (Lipinski definition) is 2. The molecule has 0 saturated carbocycles. The molecule has 2 aromatic rings. The van der Waals surface area contributed by atoms with Crippen molar-refractivity contribution in [2.45, 2.75) is 13.3 Å². The lowest BCUT2D eigenvalue weighted by Gasteiger charge is -2.13. The van der Waals surface area contributed by atoms with Crippen molar-refractivity contribution in [1.82, 2.24) is 0 Å². The predicted molar refractivity (Wildman–Crippen MR) is 84.7 cm³/mol. The van der Waals surface area contributed by atoms with Crippen LogP contribution in [0.15, 0.2) is 54.1 Å². The summed E-state index contributed by atoms with van der Waals surface area (Å²) in [5, 5.41) is 2.51. The fourth-order valence-corrected chi connectivity index (χ4v) is 4.96. The second-order valence-corrected chi connectivity index (χ2v) is 8.00. The topological polar surface area (TPSA) is 26.3 Å². The number of hydrogen-bond donors (Lipinski definition) is 0. The van der Waals surface area contributed by atoms with Crippen LogP contribution in [0.2, 0.25) is 0 Å². The van der Waals surface area contributed by atoms with Crippen molar-refractivity contribution in [3.8, 4) is 0 Å². The smallest absolute Gasteiger partial charge is 0.210 e. The number of fused-ring (bicyclic) bond motifs is 1. The van der Waals surface area contributed by atoms with E-state index in [1.165, 1.54) is 21.9 Å². The largest absolute Gasteiger partial charge is 0.328 e. The molecular weight excluding hydrogens is 267 g/mol. The van der Waals surface area contributed by atoms with Gasteiger partial charge in [0.15, 0.2) is 0 Å². The van der Waals surface area contributed by atoms with Crippen molar-refractivity contribution < 1.29 is 9.09 Å². The second-order valence-electron chi connectivity index (χ2n) is 5.43. The first-order valence-electron chi connectivity index (χ1n) is 7.01. The molecule has 0 fully saturated rings. The van der Waals surface area contributed by atoms with Gasteiger partial charge in [-0.2, -0.15) is 0 Å². The zero-order valence-electron chi connectivity index (χ0n) is 11.7. The van der Waals surface area contributed by atoms with Crippen LogP contribution >= 0.6 is 7.37 Å². The van der Waals surface area contributed by atoms with Crippen molar-refractivity contribution in [3.05, 3.63) is 59.7 Å². The molecule has 20 heavy (non-hydrogen) atoms. The van der Waals surface area contributed by atoms with Gasteiger partial charge in [0, 0.05) is 12.3 Å². The second kappa shape index (κ2) is 5.55. The lowest BCUT2D eigenvalue weighted by Crippen LogP contribution is -2.00. The summed E-state index contributed by atoms with van der Waals surface area (Å²) >= 11 is 0. The molecule has 2 aromatic carbocycles. The van der Waals surface area contributed by atoms with Gasteiger partial charge in [-0.25, -0.2) is 0 Å². The van der Waals surface area contributed by atoms with Crippen molar-refractivity contribution >= 4 is 18.1 Å². The molecule has 1 aliphatic rings. The Hall–Kier alpha value is -1.37. The highest BCUT2D eigenvalue weighted by Crippen LogP contribution is 2.52. The maximum atomic E-state index is 12.4. The van der Waals surface area contributed by atoms with E-state index in [1.807, 2.05) is 19.1 Å². The van der Waals surface area contributed by atoms with Gasteiger partial charge >= 0.3 is 0 Å². The summed E-state index contributed by atoms with van der Waals surface area (Å²) in [6.45, 7) is 2.56. The highest BCUT2D eigenvalue weighted by atomic mass is 31.2. The van der Waals surface area contributed by atoms with Crippen molar-refractivity contribution in [2.75, 3.05) is 18.9 Å². The van der Waals surface area contributed by atoms with Crippen LogP contribution in [0.4, 0.5) is 0 Å². The molecular formula is C17H19O2P. The van der Waals surface area contributed by atoms with Gasteiger partial charge in [-0.05, 0) is 29.7 Å². The van der Waals surface area contributed by atoms with E-state index in [1.54, 1.807) is 0 Å². The van der Waals surface area contributed by atoms with Gasteiger partial charge in [0.25, 0.3) is 0 Å². The average molecular weight is 286 g/mol. The third-order valence-corrected chi connectivity index (χ3v) is 6.16. The number of allylic oxidation sites excluding steroid dienone is 2. The standard InChI is InChI=1S/C17H19O2P/c1-14-10-12-20(18,13-14)19-11-9-16-7-4-6-15-5-2-3-8-17(15)16/h2-8,10H,9,11-13H2,1H3. The number of benzene rings is 2. The van der Waals surface area contributed by atoms with Crippen LogP contribution in [0.3, 0.4) is 0 Å². The summed E-state index contributed by atoms with van der Waals surface area (Å²) in [4.78, 5) is 0. The highest BCUT2D eigenvalue weighted by Gasteiger charge is 2.27. The lowest BCUT2D eigenvalue weighted by atomic mass is 10.0. The maximum Gasteiger partial charge on any atom is 0.210 e. The van der Waals surface area contributed by atoms with Crippen molar-refractivity contribution in [1.29, 1.82) is 0 Å². The Bertz CT molecular complexity index is 698.